The van der Waals surface area contributed by atoms with Gasteiger partial charge in [-0.1, -0.05) is 15.9 Å². The summed E-state index contributed by atoms with van der Waals surface area (Å²) in [6, 6.07) is 9.16. The number of halogens is 4. The van der Waals surface area contributed by atoms with Gasteiger partial charge in [-0.15, -0.1) is 0 Å². The van der Waals surface area contributed by atoms with E-state index in [1.165, 1.54) is 23.1 Å². The monoisotopic (exact) mass is 500 g/mol. The van der Waals surface area contributed by atoms with Crippen LogP contribution < -0.4 is 4.74 Å². The van der Waals surface area contributed by atoms with Crippen molar-refractivity contribution in [1.29, 1.82) is 0 Å². The maximum absolute atomic E-state index is 13.9. The highest BCUT2D eigenvalue weighted by Crippen LogP contribution is 2.49. The number of benzene rings is 1. The Morgan fingerprint density at radius 3 is 2.47 bits per heavy atom. The van der Waals surface area contributed by atoms with Crippen LogP contribution in [0.4, 0.5) is 13.2 Å². The first-order valence-electron chi connectivity index (χ1n) is 9.02. The van der Waals surface area contributed by atoms with Crippen molar-refractivity contribution in [3.05, 3.63) is 63.2 Å². The molecule has 0 radical (unpaired) electrons. The third-order valence-electron chi connectivity index (χ3n) is 4.90. The van der Waals surface area contributed by atoms with E-state index in [9.17, 15) is 18.3 Å². The Kier molecular flexibility index (Phi) is 5.45. The number of pyridine rings is 1. The van der Waals surface area contributed by atoms with Crippen molar-refractivity contribution in [2.75, 3.05) is 0 Å². The highest BCUT2D eigenvalue weighted by atomic mass is 79.9. The molecular weight excluding hydrogens is 485 g/mol. The Balaban J connectivity index is 1.75. The summed E-state index contributed by atoms with van der Waals surface area (Å²) in [4.78, 5) is 6.39. The molecule has 4 rings (SSSR count). The summed E-state index contributed by atoms with van der Waals surface area (Å²) in [6.45, 7) is -0.211. The summed E-state index contributed by atoms with van der Waals surface area (Å²) in [5.74, 6) is -0.230. The van der Waals surface area contributed by atoms with Crippen LogP contribution in [-0.2, 0) is 18.3 Å². The van der Waals surface area contributed by atoms with Gasteiger partial charge < -0.3 is 14.8 Å². The summed E-state index contributed by atoms with van der Waals surface area (Å²) in [7, 11) is 0. The predicted molar refractivity (Wildman–Crippen MR) is 107 cm³/mol. The molecule has 1 fully saturated rings. The first kappa shape index (κ1) is 21.0. The normalized spacial score (nSPS) is 16.3. The maximum atomic E-state index is 13.9. The molecule has 6 nitrogen and oxygen atoms in total. The zero-order valence-electron chi connectivity index (χ0n) is 15.4. The predicted octanol–water partition coefficient (Wildman–Crippen LogP) is 5.21. The van der Waals surface area contributed by atoms with Crippen LogP contribution in [-0.4, -0.2) is 24.9 Å². The number of nitrogens with zero attached hydrogens (tertiary/aromatic N) is 3. The summed E-state index contributed by atoms with van der Waals surface area (Å²) in [6.07, 6.45) is -2.26. The van der Waals surface area contributed by atoms with Gasteiger partial charge in [0.05, 0.1) is 6.54 Å². The summed E-state index contributed by atoms with van der Waals surface area (Å²) >= 11 is 8.38. The number of hydrogen-bond donors (Lipinski definition) is 2. The zero-order chi connectivity index (χ0) is 21.5. The fourth-order valence-electron chi connectivity index (χ4n) is 3.30. The maximum Gasteiger partial charge on any atom is 0.433 e. The lowest BCUT2D eigenvalue weighted by molar-refractivity contribution is -0.145. The van der Waals surface area contributed by atoms with Crippen molar-refractivity contribution < 1.29 is 23.0 Å². The Morgan fingerprint density at radius 2 is 1.90 bits per heavy atom. The van der Waals surface area contributed by atoms with Crippen LogP contribution in [0.25, 0.3) is 0 Å². The van der Waals surface area contributed by atoms with Crippen LogP contribution >= 0.6 is 28.1 Å². The molecule has 158 valence electrons. The number of ether oxygens (including phenoxy) is 1. The van der Waals surface area contributed by atoms with Crippen molar-refractivity contribution in [3.8, 4) is 11.6 Å². The highest BCUT2D eigenvalue weighted by molar-refractivity contribution is 9.10. The van der Waals surface area contributed by atoms with Crippen LogP contribution in [0.5, 0.6) is 11.6 Å². The number of rotatable bonds is 6. The van der Waals surface area contributed by atoms with Crippen LogP contribution in [0.3, 0.4) is 0 Å². The van der Waals surface area contributed by atoms with E-state index >= 15 is 0 Å². The van der Waals surface area contributed by atoms with Gasteiger partial charge in [-0.25, -0.2) is 9.67 Å². The summed E-state index contributed by atoms with van der Waals surface area (Å²) in [5.41, 5.74) is -3.32. The van der Waals surface area contributed by atoms with E-state index in [4.69, 9.17) is 17.0 Å². The van der Waals surface area contributed by atoms with E-state index in [0.717, 1.165) is 4.47 Å². The van der Waals surface area contributed by atoms with Gasteiger partial charge in [0, 0.05) is 16.1 Å². The third kappa shape index (κ3) is 4.28. The Morgan fingerprint density at radius 1 is 1.20 bits per heavy atom. The van der Waals surface area contributed by atoms with E-state index in [1.54, 1.807) is 24.3 Å². The molecule has 2 aromatic heterocycles. The molecule has 1 unspecified atom stereocenters. The molecule has 1 aromatic carbocycles. The van der Waals surface area contributed by atoms with Crippen LogP contribution in [0, 0.1) is 10.7 Å². The number of aromatic nitrogens is 4. The minimum atomic E-state index is -4.79. The molecule has 1 saturated carbocycles. The van der Waals surface area contributed by atoms with E-state index in [0.29, 0.717) is 18.6 Å². The second kappa shape index (κ2) is 7.78. The fraction of sp³-hybridized carbons (Fsp3) is 0.316. The van der Waals surface area contributed by atoms with Crippen LogP contribution in [0.2, 0.25) is 0 Å². The molecule has 1 aliphatic carbocycles. The molecule has 0 spiro atoms. The molecule has 11 heteroatoms. The lowest BCUT2D eigenvalue weighted by Crippen LogP contribution is -2.37. The van der Waals surface area contributed by atoms with E-state index in [-0.39, 0.29) is 28.7 Å². The molecular formula is C19H16BrF3N4O2S. The first-order valence-corrected chi connectivity index (χ1v) is 10.2. The van der Waals surface area contributed by atoms with Gasteiger partial charge in [-0.2, -0.15) is 18.3 Å². The van der Waals surface area contributed by atoms with Gasteiger partial charge in [0.1, 0.15) is 17.7 Å². The largest absolute Gasteiger partial charge is 0.439 e. The van der Waals surface area contributed by atoms with Gasteiger partial charge in [0.2, 0.25) is 5.88 Å². The lowest BCUT2D eigenvalue weighted by atomic mass is 9.87. The van der Waals surface area contributed by atoms with Gasteiger partial charge in [-0.05, 0) is 61.3 Å². The van der Waals surface area contributed by atoms with Crippen molar-refractivity contribution in [3.63, 3.8) is 0 Å². The molecule has 0 saturated heterocycles. The minimum absolute atomic E-state index is 0.211. The summed E-state index contributed by atoms with van der Waals surface area (Å²) in [5, 5.41) is 15.3. The first-order chi connectivity index (χ1) is 14.2. The molecule has 0 bridgehead atoms. The molecule has 2 heterocycles. The summed E-state index contributed by atoms with van der Waals surface area (Å²) < 4.78 is 49.5. The minimum Gasteiger partial charge on any atom is -0.439 e. The van der Waals surface area contributed by atoms with Crippen molar-refractivity contribution in [2.45, 2.75) is 31.2 Å². The number of nitrogens with one attached hydrogen (secondary N) is 1. The zero-order valence-corrected chi connectivity index (χ0v) is 17.8. The van der Waals surface area contributed by atoms with Crippen LogP contribution in [0.15, 0.2) is 47.2 Å². The van der Waals surface area contributed by atoms with Gasteiger partial charge in [0.15, 0.2) is 10.5 Å². The Hall–Kier alpha value is -2.24. The van der Waals surface area contributed by atoms with E-state index in [2.05, 4.69) is 31.0 Å². The van der Waals surface area contributed by atoms with E-state index in [1.807, 2.05) is 0 Å². The molecule has 3 aromatic rings. The van der Waals surface area contributed by atoms with E-state index < -0.39 is 17.5 Å². The third-order valence-corrected chi connectivity index (χ3v) is 5.76. The van der Waals surface area contributed by atoms with Crippen LogP contribution in [0.1, 0.15) is 24.1 Å². The molecule has 1 aliphatic rings. The average molecular weight is 501 g/mol. The van der Waals surface area contributed by atoms with Gasteiger partial charge >= 0.3 is 6.18 Å². The Labute approximate surface area is 182 Å². The second-order valence-corrected chi connectivity index (χ2v) is 8.35. The topological polar surface area (TPSA) is 76.0 Å². The lowest BCUT2D eigenvalue weighted by Gasteiger charge is -2.30. The molecule has 30 heavy (non-hydrogen) atoms. The van der Waals surface area contributed by atoms with Gasteiger partial charge in [-0.3, -0.25) is 0 Å². The number of alkyl halides is 3. The number of aromatic amines is 1. The van der Waals surface area contributed by atoms with Crippen molar-refractivity contribution in [2.24, 2.45) is 5.92 Å². The van der Waals surface area contributed by atoms with Crippen molar-refractivity contribution >= 4 is 28.1 Å². The van der Waals surface area contributed by atoms with Gasteiger partial charge in [0.25, 0.3) is 0 Å². The fourth-order valence-corrected chi connectivity index (χ4v) is 3.73. The number of aliphatic hydroxyl groups is 1. The number of hydrogen-bond acceptors (Lipinski definition) is 5. The molecule has 0 amide bonds. The standard InChI is InChI=1S/C19H16BrF3N4O2S/c20-12-3-5-13(6-4-12)29-15-8-7-14(16(26-15)19(21,22)23)18(28,11-1-2-11)9-27-17(30)24-10-25-27/h3-8,10-11,28H,1-2,9H2,(H,24,25,30). The molecule has 2 N–H and O–H groups in total. The average Bonchev–Trinajstić information content (AvgIpc) is 3.48. The SMILES string of the molecule is OC(Cn1nc[nH]c1=S)(c1ccc(Oc2ccc(Br)cc2)nc1C(F)(F)F)C1CC1. The molecule has 0 aliphatic heterocycles. The molecule has 1 atom stereocenters. The smallest absolute Gasteiger partial charge is 0.433 e. The Bertz CT molecular complexity index is 1110. The number of H-pyrrole nitrogens is 1. The highest BCUT2D eigenvalue weighted by Gasteiger charge is 2.51. The van der Waals surface area contributed by atoms with Crippen molar-refractivity contribution in [1.82, 2.24) is 19.7 Å². The quantitative estimate of drug-likeness (QED) is 0.454. The second-order valence-electron chi connectivity index (χ2n) is 7.05.